The monoisotopic (exact) mass is 188 g/mol. The molecule has 3 heteroatoms. The van der Waals surface area contributed by atoms with E-state index in [-0.39, 0.29) is 5.71 Å². The standard InChI is InChI=1S/C11H12N2O/c1-8(14)11(13)6-9-2-4-10(7-12)5-3-9/h2-5,8,13-14H,6H2,1H3. The second kappa shape index (κ2) is 4.54. The highest BCUT2D eigenvalue weighted by Crippen LogP contribution is 2.05. The summed E-state index contributed by atoms with van der Waals surface area (Å²) >= 11 is 0. The van der Waals surface area contributed by atoms with Crippen LogP contribution >= 0.6 is 0 Å². The number of nitriles is 1. The van der Waals surface area contributed by atoms with Crippen LogP contribution in [0.15, 0.2) is 24.3 Å². The first-order valence-electron chi connectivity index (χ1n) is 4.38. The van der Waals surface area contributed by atoms with Crippen molar-refractivity contribution in [2.24, 2.45) is 0 Å². The van der Waals surface area contributed by atoms with Gasteiger partial charge in [-0.1, -0.05) is 12.1 Å². The Labute approximate surface area is 83.1 Å². The third kappa shape index (κ3) is 2.68. The van der Waals surface area contributed by atoms with E-state index in [9.17, 15) is 0 Å². The number of aliphatic hydroxyl groups is 1. The van der Waals surface area contributed by atoms with Crippen molar-refractivity contribution in [2.75, 3.05) is 0 Å². The summed E-state index contributed by atoms with van der Waals surface area (Å²) in [6, 6.07) is 9.06. The third-order valence-corrected chi connectivity index (χ3v) is 1.98. The van der Waals surface area contributed by atoms with Crippen LogP contribution in [0.25, 0.3) is 0 Å². The zero-order chi connectivity index (χ0) is 10.6. The van der Waals surface area contributed by atoms with E-state index in [1.807, 2.05) is 6.07 Å². The largest absolute Gasteiger partial charge is 0.387 e. The smallest absolute Gasteiger partial charge is 0.0991 e. The average molecular weight is 188 g/mol. The Balaban J connectivity index is 2.70. The molecule has 0 aromatic heterocycles. The van der Waals surface area contributed by atoms with E-state index >= 15 is 0 Å². The lowest BCUT2D eigenvalue weighted by Crippen LogP contribution is -2.17. The number of nitrogens with zero attached hydrogens (tertiary/aromatic N) is 1. The van der Waals surface area contributed by atoms with Gasteiger partial charge in [-0.2, -0.15) is 5.26 Å². The maximum absolute atomic E-state index is 9.11. The number of nitrogens with one attached hydrogen (secondary N) is 1. The third-order valence-electron chi connectivity index (χ3n) is 1.98. The van der Waals surface area contributed by atoms with Gasteiger partial charge in [-0.15, -0.1) is 0 Å². The van der Waals surface area contributed by atoms with Crippen molar-refractivity contribution in [3.05, 3.63) is 35.4 Å². The highest BCUT2D eigenvalue weighted by molar-refractivity contribution is 5.87. The molecule has 0 amide bonds. The van der Waals surface area contributed by atoms with Crippen molar-refractivity contribution < 1.29 is 5.11 Å². The minimum atomic E-state index is -0.703. The van der Waals surface area contributed by atoms with Gasteiger partial charge in [0.05, 0.1) is 17.7 Å². The van der Waals surface area contributed by atoms with Gasteiger partial charge in [0.15, 0.2) is 0 Å². The van der Waals surface area contributed by atoms with Crippen LogP contribution in [0.5, 0.6) is 0 Å². The summed E-state index contributed by atoms with van der Waals surface area (Å²) in [6.07, 6.45) is -0.269. The summed E-state index contributed by atoms with van der Waals surface area (Å²) in [5, 5.41) is 25.1. The number of aliphatic hydroxyl groups excluding tert-OH is 1. The summed E-state index contributed by atoms with van der Waals surface area (Å²) in [5.41, 5.74) is 1.84. The van der Waals surface area contributed by atoms with Crippen molar-refractivity contribution in [1.29, 1.82) is 10.7 Å². The van der Waals surface area contributed by atoms with Crippen molar-refractivity contribution in [1.82, 2.24) is 0 Å². The Morgan fingerprint density at radius 2 is 2.07 bits per heavy atom. The zero-order valence-corrected chi connectivity index (χ0v) is 7.99. The number of hydrogen-bond donors (Lipinski definition) is 2. The molecule has 0 fully saturated rings. The molecule has 1 atom stereocenters. The molecule has 0 spiro atoms. The fourth-order valence-electron chi connectivity index (χ4n) is 1.06. The summed E-state index contributed by atoms with van der Waals surface area (Å²) in [6.45, 7) is 1.58. The summed E-state index contributed by atoms with van der Waals surface area (Å²) in [5.74, 6) is 0. The molecule has 1 aromatic rings. The molecule has 72 valence electrons. The van der Waals surface area contributed by atoms with Gasteiger partial charge in [-0.3, -0.25) is 0 Å². The van der Waals surface area contributed by atoms with Gasteiger partial charge < -0.3 is 10.5 Å². The van der Waals surface area contributed by atoms with Gasteiger partial charge in [0.1, 0.15) is 0 Å². The van der Waals surface area contributed by atoms with Gasteiger partial charge in [0.2, 0.25) is 0 Å². The highest BCUT2D eigenvalue weighted by atomic mass is 16.3. The molecule has 0 aliphatic carbocycles. The normalized spacial score (nSPS) is 11.8. The lowest BCUT2D eigenvalue weighted by Gasteiger charge is -2.06. The molecule has 0 heterocycles. The Kier molecular flexibility index (Phi) is 3.38. The lowest BCUT2D eigenvalue weighted by atomic mass is 10.0. The molecule has 1 rings (SSSR count). The first kappa shape index (κ1) is 10.4. The van der Waals surface area contributed by atoms with E-state index in [0.29, 0.717) is 12.0 Å². The topological polar surface area (TPSA) is 67.9 Å². The molecule has 0 bridgehead atoms. The number of benzene rings is 1. The van der Waals surface area contributed by atoms with Crippen LogP contribution in [-0.2, 0) is 6.42 Å². The summed E-state index contributed by atoms with van der Waals surface area (Å²) in [4.78, 5) is 0. The van der Waals surface area contributed by atoms with E-state index in [0.717, 1.165) is 5.56 Å². The van der Waals surface area contributed by atoms with Crippen LogP contribution in [0, 0.1) is 16.7 Å². The number of rotatable bonds is 3. The van der Waals surface area contributed by atoms with Crippen molar-refractivity contribution in [2.45, 2.75) is 19.4 Å². The zero-order valence-electron chi connectivity index (χ0n) is 7.99. The van der Waals surface area contributed by atoms with E-state index < -0.39 is 6.10 Å². The van der Waals surface area contributed by atoms with E-state index in [1.165, 1.54) is 0 Å². The van der Waals surface area contributed by atoms with Crippen LogP contribution in [0.3, 0.4) is 0 Å². The van der Waals surface area contributed by atoms with Crippen LogP contribution < -0.4 is 0 Å². The summed E-state index contributed by atoms with van der Waals surface area (Å²) in [7, 11) is 0. The van der Waals surface area contributed by atoms with Gasteiger partial charge in [-0.05, 0) is 24.6 Å². The summed E-state index contributed by atoms with van der Waals surface area (Å²) < 4.78 is 0. The number of hydrogen-bond acceptors (Lipinski definition) is 3. The second-order valence-corrected chi connectivity index (χ2v) is 3.19. The van der Waals surface area contributed by atoms with E-state index in [2.05, 4.69) is 0 Å². The highest BCUT2D eigenvalue weighted by Gasteiger charge is 2.05. The van der Waals surface area contributed by atoms with Gasteiger partial charge in [-0.25, -0.2) is 0 Å². The lowest BCUT2D eigenvalue weighted by molar-refractivity contribution is 0.259. The molecule has 0 aliphatic rings. The average Bonchev–Trinajstić information content (AvgIpc) is 2.19. The Morgan fingerprint density at radius 3 is 2.50 bits per heavy atom. The second-order valence-electron chi connectivity index (χ2n) is 3.19. The minimum Gasteiger partial charge on any atom is -0.387 e. The molecular formula is C11H12N2O. The van der Waals surface area contributed by atoms with Crippen LogP contribution in [0.4, 0.5) is 0 Å². The maximum atomic E-state index is 9.11. The van der Waals surface area contributed by atoms with Crippen LogP contribution in [0.2, 0.25) is 0 Å². The van der Waals surface area contributed by atoms with E-state index in [4.69, 9.17) is 15.8 Å². The molecule has 2 N–H and O–H groups in total. The predicted octanol–water partition coefficient (Wildman–Crippen LogP) is 1.50. The van der Waals surface area contributed by atoms with Gasteiger partial charge >= 0.3 is 0 Å². The minimum absolute atomic E-state index is 0.287. The quantitative estimate of drug-likeness (QED) is 0.706. The van der Waals surface area contributed by atoms with Crippen molar-refractivity contribution >= 4 is 5.71 Å². The molecular weight excluding hydrogens is 176 g/mol. The fourth-order valence-corrected chi connectivity index (χ4v) is 1.06. The SMILES string of the molecule is CC(O)C(=N)Cc1ccc(C#N)cc1. The first-order chi connectivity index (χ1) is 6.63. The van der Waals surface area contributed by atoms with Gasteiger partial charge in [0, 0.05) is 12.1 Å². The Hall–Kier alpha value is -1.66. The van der Waals surface area contributed by atoms with Crippen LogP contribution in [-0.4, -0.2) is 16.9 Å². The van der Waals surface area contributed by atoms with Crippen LogP contribution in [0.1, 0.15) is 18.1 Å². The molecule has 1 unspecified atom stereocenters. The van der Waals surface area contributed by atoms with Gasteiger partial charge in [0.25, 0.3) is 0 Å². The Morgan fingerprint density at radius 1 is 1.50 bits per heavy atom. The molecule has 1 aromatic carbocycles. The molecule has 0 saturated heterocycles. The van der Waals surface area contributed by atoms with Crippen molar-refractivity contribution in [3.8, 4) is 6.07 Å². The fraction of sp³-hybridized carbons (Fsp3) is 0.273. The molecule has 3 nitrogen and oxygen atoms in total. The molecule has 0 saturated carbocycles. The van der Waals surface area contributed by atoms with Crippen molar-refractivity contribution in [3.63, 3.8) is 0 Å². The molecule has 14 heavy (non-hydrogen) atoms. The maximum Gasteiger partial charge on any atom is 0.0991 e. The predicted molar refractivity (Wildman–Crippen MR) is 54.3 cm³/mol. The first-order valence-corrected chi connectivity index (χ1v) is 4.38. The molecule has 0 radical (unpaired) electrons. The van der Waals surface area contributed by atoms with E-state index in [1.54, 1.807) is 31.2 Å². The molecule has 0 aliphatic heterocycles. The Bertz CT molecular complexity index is 360.